The average Bonchev–Trinajstić information content (AvgIpc) is 2.39. The molecule has 0 unspecified atom stereocenters. The number of carbonyl (C=O) groups excluding carboxylic acids is 1. The molecule has 1 fully saturated rings. The first-order chi connectivity index (χ1) is 9.08. The van der Waals surface area contributed by atoms with Crippen LogP contribution in [0.15, 0.2) is 18.5 Å². The molecule has 4 nitrogen and oxygen atoms in total. The van der Waals surface area contributed by atoms with Gasteiger partial charge in [0.25, 0.3) is 5.91 Å². The van der Waals surface area contributed by atoms with Gasteiger partial charge in [-0.1, -0.05) is 11.6 Å². The third kappa shape index (κ3) is 3.67. The van der Waals surface area contributed by atoms with Gasteiger partial charge in [0.05, 0.1) is 10.6 Å². The van der Waals surface area contributed by atoms with E-state index in [9.17, 15) is 4.79 Å². The Bertz CT molecular complexity index is 442. The van der Waals surface area contributed by atoms with Crippen molar-refractivity contribution in [2.45, 2.75) is 12.8 Å². The van der Waals surface area contributed by atoms with Gasteiger partial charge in [-0.25, -0.2) is 0 Å². The fourth-order valence-electron chi connectivity index (χ4n) is 2.55. The lowest BCUT2D eigenvalue weighted by molar-refractivity contribution is 0.0678. The zero-order chi connectivity index (χ0) is 13.8. The number of rotatable bonds is 3. The topological polar surface area (TPSA) is 36.4 Å². The first-order valence-electron chi connectivity index (χ1n) is 6.61. The molecule has 19 heavy (non-hydrogen) atoms. The molecule has 5 heteroatoms. The molecule has 0 aromatic carbocycles. The average molecular weight is 282 g/mol. The predicted molar refractivity (Wildman–Crippen MR) is 76.4 cm³/mol. The van der Waals surface area contributed by atoms with Gasteiger partial charge >= 0.3 is 0 Å². The van der Waals surface area contributed by atoms with Gasteiger partial charge in [0.15, 0.2) is 0 Å². The molecule has 1 saturated heterocycles. The minimum absolute atomic E-state index is 0.0238. The van der Waals surface area contributed by atoms with Gasteiger partial charge in [0, 0.05) is 32.0 Å². The summed E-state index contributed by atoms with van der Waals surface area (Å²) in [4.78, 5) is 20.4. The van der Waals surface area contributed by atoms with Crippen LogP contribution < -0.4 is 0 Å². The van der Waals surface area contributed by atoms with Crippen molar-refractivity contribution >= 4 is 17.5 Å². The number of likely N-dealkylation sites (tertiary alicyclic amines) is 1. The van der Waals surface area contributed by atoms with Gasteiger partial charge in [0.1, 0.15) is 0 Å². The highest BCUT2D eigenvalue weighted by Crippen LogP contribution is 2.22. The Balaban J connectivity index is 1.95. The highest BCUT2D eigenvalue weighted by Gasteiger charge is 2.24. The molecule has 1 aliphatic heterocycles. The molecule has 1 aliphatic rings. The molecule has 0 radical (unpaired) electrons. The Kier molecular flexibility index (Phi) is 4.77. The molecule has 0 atom stereocenters. The first kappa shape index (κ1) is 14.3. The van der Waals surface area contributed by atoms with Crippen LogP contribution >= 0.6 is 11.6 Å². The molecule has 1 aromatic heterocycles. The number of hydrogen-bond acceptors (Lipinski definition) is 3. The Hall–Kier alpha value is -1.13. The highest BCUT2D eigenvalue weighted by molar-refractivity contribution is 6.33. The summed E-state index contributed by atoms with van der Waals surface area (Å²) in [6.45, 7) is 2.73. The molecule has 0 aliphatic carbocycles. The van der Waals surface area contributed by atoms with E-state index in [1.165, 1.54) is 6.20 Å². The SMILES string of the molecule is CN(C)CC1CCN(C(=O)c2ccncc2Cl)CC1. The number of amides is 1. The second-order valence-corrected chi connectivity index (χ2v) is 5.76. The molecule has 1 amide bonds. The van der Waals surface area contributed by atoms with Crippen LogP contribution in [-0.4, -0.2) is 54.4 Å². The summed E-state index contributed by atoms with van der Waals surface area (Å²) in [6, 6.07) is 1.69. The summed E-state index contributed by atoms with van der Waals surface area (Å²) >= 11 is 6.02. The maximum absolute atomic E-state index is 12.4. The monoisotopic (exact) mass is 281 g/mol. The van der Waals surface area contributed by atoms with Gasteiger partial charge in [0.2, 0.25) is 0 Å². The van der Waals surface area contributed by atoms with Crippen LogP contribution in [-0.2, 0) is 0 Å². The van der Waals surface area contributed by atoms with Gasteiger partial charge in [-0.15, -0.1) is 0 Å². The minimum atomic E-state index is 0.0238. The van der Waals surface area contributed by atoms with Crippen LogP contribution in [0, 0.1) is 5.92 Å². The van der Waals surface area contributed by atoms with Crippen LogP contribution in [0.1, 0.15) is 23.2 Å². The standard InChI is InChI=1S/C14H20ClN3O/c1-17(2)10-11-4-7-18(8-5-11)14(19)12-3-6-16-9-13(12)15/h3,6,9,11H,4-5,7-8,10H2,1-2H3. The van der Waals surface area contributed by atoms with Crippen LogP contribution in [0.3, 0.4) is 0 Å². The molecule has 104 valence electrons. The number of halogens is 1. The van der Waals surface area contributed by atoms with E-state index >= 15 is 0 Å². The van der Waals surface area contributed by atoms with E-state index in [1.807, 2.05) is 4.90 Å². The fraction of sp³-hybridized carbons (Fsp3) is 0.571. The second kappa shape index (κ2) is 6.35. The number of pyridine rings is 1. The lowest BCUT2D eigenvalue weighted by Gasteiger charge is -2.33. The van der Waals surface area contributed by atoms with Crippen molar-refractivity contribution in [3.05, 3.63) is 29.0 Å². The van der Waals surface area contributed by atoms with E-state index in [2.05, 4.69) is 24.0 Å². The molecule has 0 spiro atoms. The van der Waals surface area contributed by atoms with Crippen molar-refractivity contribution in [1.82, 2.24) is 14.8 Å². The van der Waals surface area contributed by atoms with E-state index in [1.54, 1.807) is 12.3 Å². The third-order valence-corrected chi connectivity index (χ3v) is 3.83. The summed E-state index contributed by atoms with van der Waals surface area (Å²) in [6.07, 6.45) is 5.25. The number of piperidine rings is 1. The highest BCUT2D eigenvalue weighted by atomic mass is 35.5. The Morgan fingerprint density at radius 3 is 2.74 bits per heavy atom. The first-order valence-corrected chi connectivity index (χ1v) is 6.99. The van der Waals surface area contributed by atoms with Crippen LogP contribution in [0.4, 0.5) is 0 Å². The van der Waals surface area contributed by atoms with E-state index in [0.29, 0.717) is 16.5 Å². The molecule has 2 rings (SSSR count). The second-order valence-electron chi connectivity index (χ2n) is 5.35. The zero-order valence-corrected chi connectivity index (χ0v) is 12.2. The minimum Gasteiger partial charge on any atom is -0.339 e. The summed E-state index contributed by atoms with van der Waals surface area (Å²) in [7, 11) is 4.18. The molecule has 0 saturated carbocycles. The Labute approximate surface area is 119 Å². The van der Waals surface area contributed by atoms with Gasteiger partial charge in [-0.3, -0.25) is 9.78 Å². The quantitative estimate of drug-likeness (QED) is 0.852. The van der Waals surface area contributed by atoms with E-state index in [-0.39, 0.29) is 5.91 Å². The van der Waals surface area contributed by atoms with E-state index in [0.717, 1.165) is 32.5 Å². The van der Waals surface area contributed by atoms with Crippen molar-refractivity contribution in [1.29, 1.82) is 0 Å². The van der Waals surface area contributed by atoms with Crippen molar-refractivity contribution in [3.8, 4) is 0 Å². The largest absolute Gasteiger partial charge is 0.339 e. The summed E-state index contributed by atoms with van der Waals surface area (Å²) in [5, 5.41) is 0.433. The van der Waals surface area contributed by atoms with Crippen molar-refractivity contribution in [2.75, 3.05) is 33.7 Å². The van der Waals surface area contributed by atoms with Crippen molar-refractivity contribution in [2.24, 2.45) is 5.92 Å². The lowest BCUT2D eigenvalue weighted by atomic mass is 9.96. The number of hydrogen-bond donors (Lipinski definition) is 0. The smallest absolute Gasteiger partial charge is 0.255 e. The van der Waals surface area contributed by atoms with Crippen LogP contribution in [0.5, 0.6) is 0 Å². The maximum atomic E-state index is 12.4. The van der Waals surface area contributed by atoms with E-state index in [4.69, 9.17) is 11.6 Å². The Morgan fingerprint density at radius 2 is 2.16 bits per heavy atom. The number of aromatic nitrogens is 1. The predicted octanol–water partition coefficient (Wildman–Crippen LogP) is 2.15. The summed E-state index contributed by atoms with van der Waals surface area (Å²) in [5.41, 5.74) is 0.558. The summed E-state index contributed by atoms with van der Waals surface area (Å²) in [5.74, 6) is 0.711. The van der Waals surface area contributed by atoms with Gasteiger partial charge in [-0.2, -0.15) is 0 Å². The van der Waals surface area contributed by atoms with E-state index < -0.39 is 0 Å². The maximum Gasteiger partial charge on any atom is 0.255 e. The molecule has 1 aromatic rings. The van der Waals surface area contributed by atoms with Crippen molar-refractivity contribution in [3.63, 3.8) is 0 Å². The molecule has 2 heterocycles. The van der Waals surface area contributed by atoms with Gasteiger partial charge < -0.3 is 9.80 Å². The normalized spacial score (nSPS) is 16.9. The van der Waals surface area contributed by atoms with Gasteiger partial charge in [-0.05, 0) is 38.9 Å². The zero-order valence-electron chi connectivity index (χ0n) is 11.5. The Morgan fingerprint density at radius 1 is 1.47 bits per heavy atom. The van der Waals surface area contributed by atoms with Crippen molar-refractivity contribution < 1.29 is 4.79 Å². The van der Waals surface area contributed by atoms with Crippen LogP contribution in [0.2, 0.25) is 5.02 Å². The van der Waals surface area contributed by atoms with Crippen LogP contribution in [0.25, 0.3) is 0 Å². The third-order valence-electron chi connectivity index (χ3n) is 3.53. The molecule has 0 bridgehead atoms. The molecule has 0 N–H and O–H groups in total. The fourth-order valence-corrected chi connectivity index (χ4v) is 2.75. The molecular formula is C14H20ClN3O. The molecular weight excluding hydrogens is 262 g/mol. The lowest BCUT2D eigenvalue weighted by Crippen LogP contribution is -2.40. The number of carbonyl (C=O) groups is 1. The summed E-state index contributed by atoms with van der Waals surface area (Å²) < 4.78 is 0. The number of nitrogens with zero attached hydrogens (tertiary/aromatic N) is 3.